The van der Waals surface area contributed by atoms with Gasteiger partial charge in [-0.3, -0.25) is 5.43 Å². The summed E-state index contributed by atoms with van der Waals surface area (Å²) in [5.74, 6) is -1.80. The van der Waals surface area contributed by atoms with Crippen LogP contribution in [0.2, 0.25) is 5.02 Å². The minimum atomic E-state index is -0.948. The van der Waals surface area contributed by atoms with Gasteiger partial charge >= 0.3 is 5.97 Å². The molecule has 1 aromatic rings. The Hall–Kier alpha value is -2.64. The van der Waals surface area contributed by atoms with Crippen LogP contribution >= 0.6 is 11.6 Å². The highest BCUT2D eigenvalue weighted by atomic mass is 35.5. The van der Waals surface area contributed by atoms with Gasteiger partial charge < -0.3 is 4.74 Å². The Kier molecular flexibility index (Phi) is 4.81. The summed E-state index contributed by atoms with van der Waals surface area (Å²) >= 11 is 5.82. The van der Waals surface area contributed by atoms with E-state index < -0.39 is 23.1 Å². The number of nitrogens with one attached hydrogen (secondary N) is 1. The lowest BCUT2D eigenvalue weighted by Gasteiger charge is -2.08. The lowest BCUT2D eigenvalue weighted by Crippen LogP contribution is -2.07. The van der Waals surface area contributed by atoms with Crippen LogP contribution in [-0.4, -0.2) is 18.8 Å². The molecule has 0 saturated heterocycles. The standard InChI is InChI=1S/C11H6ClFN4O2/c1-19-11(18)9-7(13)2-3-8(10(9)12)17-16-6(4-14)5-15/h2-3,17H,1H3. The molecule has 0 aromatic heterocycles. The maximum Gasteiger partial charge on any atom is 0.342 e. The summed E-state index contributed by atoms with van der Waals surface area (Å²) in [5, 5.41) is 20.2. The van der Waals surface area contributed by atoms with Gasteiger partial charge in [-0.1, -0.05) is 11.6 Å². The normalized spacial score (nSPS) is 8.89. The summed E-state index contributed by atoms with van der Waals surface area (Å²) in [6.07, 6.45) is 0. The Morgan fingerprint density at radius 2 is 2.11 bits per heavy atom. The molecule has 96 valence electrons. The fourth-order valence-electron chi connectivity index (χ4n) is 1.12. The summed E-state index contributed by atoms with van der Waals surface area (Å²) in [7, 11) is 1.08. The predicted octanol–water partition coefficient (Wildman–Crippen LogP) is 2.08. The largest absolute Gasteiger partial charge is 0.465 e. The van der Waals surface area contributed by atoms with E-state index in [1.54, 1.807) is 0 Å². The van der Waals surface area contributed by atoms with E-state index in [-0.39, 0.29) is 10.7 Å². The van der Waals surface area contributed by atoms with Crippen molar-refractivity contribution in [1.29, 1.82) is 10.5 Å². The van der Waals surface area contributed by atoms with E-state index in [1.165, 1.54) is 18.2 Å². The van der Waals surface area contributed by atoms with Crippen LogP contribution in [0, 0.1) is 28.5 Å². The van der Waals surface area contributed by atoms with E-state index in [0.29, 0.717) is 0 Å². The van der Waals surface area contributed by atoms with E-state index in [9.17, 15) is 9.18 Å². The van der Waals surface area contributed by atoms with Gasteiger partial charge in [-0.05, 0) is 12.1 Å². The third-order valence-electron chi connectivity index (χ3n) is 1.98. The number of carbonyl (C=O) groups is 1. The fourth-order valence-corrected chi connectivity index (χ4v) is 1.39. The number of benzene rings is 1. The molecule has 0 heterocycles. The summed E-state index contributed by atoms with van der Waals surface area (Å²) in [4.78, 5) is 11.3. The molecule has 0 bridgehead atoms. The number of hydrogen-bond acceptors (Lipinski definition) is 6. The van der Waals surface area contributed by atoms with Gasteiger partial charge in [0, 0.05) is 0 Å². The van der Waals surface area contributed by atoms with Crippen LogP contribution in [0.5, 0.6) is 0 Å². The van der Waals surface area contributed by atoms with Crippen LogP contribution < -0.4 is 5.43 Å². The molecule has 6 nitrogen and oxygen atoms in total. The first-order chi connectivity index (χ1) is 9.04. The second kappa shape index (κ2) is 6.34. The highest BCUT2D eigenvalue weighted by molar-refractivity contribution is 6.36. The fraction of sp³-hybridized carbons (Fsp3) is 0.0909. The molecule has 0 saturated carbocycles. The van der Waals surface area contributed by atoms with Crippen molar-refractivity contribution in [2.75, 3.05) is 12.5 Å². The summed E-state index contributed by atoms with van der Waals surface area (Å²) in [6, 6.07) is 5.23. The summed E-state index contributed by atoms with van der Waals surface area (Å²) < 4.78 is 17.8. The smallest absolute Gasteiger partial charge is 0.342 e. The average molecular weight is 281 g/mol. The number of methoxy groups -OCH3 is 1. The topological polar surface area (TPSA) is 98.3 Å². The molecule has 1 aromatic carbocycles. The van der Waals surface area contributed by atoms with Crippen molar-refractivity contribution in [3.05, 3.63) is 28.5 Å². The number of halogens is 2. The van der Waals surface area contributed by atoms with Crippen molar-refractivity contribution >= 4 is 29.0 Å². The quantitative estimate of drug-likeness (QED) is 0.519. The minimum absolute atomic E-state index is 0.0615. The number of carbonyl (C=O) groups excluding carboxylic acids is 1. The lowest BCUT2D eigenvalue weighted by atomic mass is 10.2. The molecule has 1 rings (SSSR count). The van der Waals surface area contributed by atoms with Gasteiger partial charge in [0.1, 0.15) is 23.5 Å². The van der Waals surface area contributed by atoms with Gasteiger partial charge in [0.05, 0.1) is 17.8 Å². The highest BCUT2D eigenvalue weighted by Crippen LogP contribution is 2.28. The monoisotopic (exact) mass is 280 g/mol. The molecule has 0 spiro atoms. The van der Waals surface area contributed by atoms with E-state index in [1.807, 2.05) is 0 Å². The molecule has 0 aliphatic heterocycles. The molecular weight excluding hydrogens is 275 g/mol. The Labute approximate surface area is 112 Å². The number of nitrogens with zero attached hydrogens (tertiary/aromatic N) is 3. The second-order valence-electron chi connectivity index (χ2n) is 3.07. The molecule has 0 aliphatic carbocycles. The molecular formula is C11H6ClFN4O2. The Morgan fingerprint density at radius 1 is 1.47 bits per heavy atom. The van der Waals surface area contributed by atoms with E-state index in [2.05, 4.69) is 15.3 Å². The number of anilines is 1. The Balaban J connectivity index is 3.20. The Morgan fingerprint density at radius 3 is 2.63 bits per heavy atom. The van der Waals surface area contributed by atoms with Gasteiger partial charge in [0.25, 0.3) is 0 Å². The van der Waals surface area contributed by atoms with Crippen LogP contribution in [-0.2, 0) is 4.74 Å². The number of nitriles is 2. The number of hydrogen-bond donors (Lipinski definition) is 1. The maximum absolute atomic E-state index is 13.4. The summed E-state index contributed by atoms with van der Waals surface area (Å²) in [5.41, 5.74) is 1.46. The lowest BCUT2D eigenvalue weighted by molar-refractivity contribution is 0.0596. The number of ether oxygens (including phenoxy) is 1. The van der Waals surface area contributed by atoms with Crippen LogP contribution in [0.1, 0.15) is 10.4 Å². The molecule has 0 radical (unpaired) electrons. The molecule has 8 heteroatoms. The predicted molar refractivity (Wildman–Crippen MR) is 65.0 cm³/mol. The summed E-state index contributed by atoms with van der Waals surface area (Å²) in [6.45, 7) is 0. The van der Waals surface area contributed by atoms with Gasteiger partial charge in [-0.2, -0.15) is 15.6 Å². The molecule has 0 atom stereocenters. The van der Waals surface area contributed by atoms with E-state index in [0.717, 1.165) is 13.2 Å². The van der Waals surface area contributed by atoms with Crippen molar-refractivity contribution in [2.24, 2.45) is 5.10 Å². The molecule has 0 unspecified atom stereocenters. The number of hydrazone groups is 1. The van der Waals surface area contributed by atoms with Crippen molar-refractivity contribution in [2.45, 2.75) is 0 Å². The first kappa shape index (κ1) is 14.4. The third-order valence-corrected chi connectivity index (χ3v) is 2.37. The van der Waals surface area contributed by atoms with Crippen molar-refractivity contribution in [3.63, 3.8) is 0 Å². The van der Waals surface area contributed by atoms with Gasteiger partial charge in [-0.25, -0.2) is 9.18 Å². The molecule has 1 N–H and O–H groups in total. The van der Waals surface area contributed by atoms with E-state index in [4.69, 9.17) is 22.1 Å². The average Bonchev–Trinajstić information content (AvgIpc) is 2.41. The number of esters is 1. The first-order valence-electron chi connectivity index (χ1n) is 4.75. The van der Waals surface area contributed by atoms with Crippen molar-refractivity contribution < 1.29 is 13.9 Å². The van der Waals surface area contributed by atoms with Gasteiger partial charge in [0.15, 0.2) is 0 Å². The zero-order valence-electron chi connectivity index (χ0n) is 9.57. The molecule has 0 fully saturated rings. The zero-order valence-corrected chi connectivity index (χ0v) is 10.3. The van der Waals surface area contributed by atoms with Gasteiger partial charge in [0.2, 0.25) is 5.71 Å². The maximum atomic E-state index is 13.4. The van der Waals surface area contributed by atoms with Crippen molar-refractivity contribution in [3.8, 4) is 12.1 Å². The van der Waals surface area contributed by atoms with Crippen LogP contribution in [0.15, 0.2) is 17.2 Å². The van der Waals surface area contributed by atoms with Crippen molar-refractivity contribution in [1.82, 2.24) is 0 Å². The molecule has 0 aliphatic rings. The van der Waals surface area contributed by atoms with E-state index >= 15 is 0 Å². The molecule has 0 amide bonds. The van der Waals surface area contributed by atoms with Crippen LogP contribution in [0.25, 0.3) is 0 Å². The third kappa shape index (κ3) is 3.18. The number of rotatable bonds is 3. The SMILES string of the molecule is COC(=O)c1c(F)ccc(NN=C(C#N)C#N)c1Cl. The minimum Gasteiger partial charge on any atom is -0.465 e. The first-order valence-corrected chi connectivity index (χ1v) is 5.13. The van der Waals surface area contributed by atoms with Gasteiger partial charge in [-0.15, -0.1) is 0 Å². The second-order valence-corrected chi connectivity index (χ2v) is 3.45. The highest BCUT2D eigenvalue weighted by Gasteiger charge is 2.19. The van der Waals surface area contributed by atoms with Crippen LogP contribution in [0.3, 0.4) is 0 Å². The van der Waals surface area contributed by atoms with Crippen LogP contribution in [0.4, 0.5) is 10.1 Å². The Bertz CT molecular complexity index is 615. The zero-order chi connectivity index (χ0) is 14.4. The molecule has 19 heavy (non-hydrogen) atoms.